The van der Waals surface area contributed by atoms with Crippen LogP contribution >= 0.6 is 0 Å². The second kappa shape index (κ2) is 3.13. The fourth-order valence-electron chi connectivity index (χ4n) is 0.743. The molecule has 0 aromatic carbocycles. The second-order valence-corrected chi connectivity index (χ2v) is 2.31. The normalized spacial score (nSPS) is 11.4. The van der Waals surface area contributed by atoms with Gasteiger partial charge in [0.05, 0.1) is 0 Å². The van der Waals surface area contributed by atoms with Crippen molar-refractivity contribution >= 4 is 5.69 Å². The van der Waals surface area contributed by atoms with Crippen LogP contribution in [0.4, 0.5) is 18.9 Å². The lowest BCUT2D eigenvalue weighted by atomic mass is 10.4. The quantitative estimate of drug-likeness (QED) is 0.631. The highest BCUT2D eigenvalue weighted by Crippen LogP contribution is 2.30. The van der Waals surface area contributed by atoms with E-state index in [9.17, 15) is 18.0 Å². The number of pyridine rings is 1. The predicted molar refractivity (Wildman–Crippen MR) is 39.8 cm³/mol. The van der Waals surface area contributed by atoms with Crippen molar-refractivity contribution in [3.8, 4) is 11.6 Å². The van der Waals surface area contributed by atoms with Gasteiger partial charge < -0.3 is 15.6 Å². The fourth-order valence-corrected chi connectivity index (χ4v) is 0.743. The largest absolute Gasteiger partial charge is 0.573 e. The highest BCUT2D eigenvalue weighted by molar-refractivity contribution is 5.58. The molecule has 1 heterocycles. The van der Waals surface area contributed by atoms with E-state index in [-0.39, 0.29) is 0 Å². The van der Waals surface area contributed by atoms with Crippen LogP contribution in [0.5, 0.6) is 11.6 Å². The molecule has 78 valence electrons. The molecule has 0 amide bonds. The second-order valence-electron chi connectivity index (χ2n) is 2.31. The van der Waals surface area contributed by atoms with Crippen molar-refractivity contribution < 1.29 is 23.0 Å². The third-order valence-corrected chi connectivity index (χ3v) is 1.25. The number of alkyl halides is 3. The number of aromatic hydroxyl groups is 1. The molecule has 0 aliphatic carbocycles. The zero-order valence-electron chi connectivity index (χ0n) is 6.55. The van der Waals surface area contributed by atoms with E-state index in [4.69, 9.17) is 10.8 Å². The van der Waals surface area contributed by atoms with Gasteiger partial charge in [-0.1, -0.05) is 0 Å². The molecule has 0 spiro atoms. The minimum Gasteiger partial charge on any atom is -0.493 e. The molecule has 0 aliphatic rings. The summed E-state index contributed by atoms with van der Waals surface area (Å²) in [6.45, 7) is 0. The van der Waals surface area contributed by atoms with E-state index in [1.165, 1.54) is 0 Å². The Bertz CT molecular complexity index is 398. The Hall–Kier alpha value is -1.86. The Balaban J connectivity index is 3.15. The SMILES string of the molecule is Nc1c(OC(F)(F)F)cc(=O)[nH]c1O. The lowest BCUT2D eigenvalue weighted by Crippen LogP contribution is -2.20. The van der Waals surface area contributed by atoms with Gasteiger partial charge in [-0.25, -0.2) is 0 Å². The monoisotopic (exact) mass is 210 g/mol. The highest BCUT2D eigenvalue weighted by Gasteiger charge is 2.32. The summed E-state index contributed by atoms with van der Waals surface area (Å²) in [7, 11) is 0. The molecule has 8 heteroatoms. The van der Waals surface area contributed by atoms with Crippen LogP contribution in [0.25, 0.3) is 0 Å². The molecule has 0 saturated heterocycles. The molecule has 0 unspecified atom stereocenters. The molecule has 0 fully saturated rings. The van der Waals surface area contributed by atoms with Crippen LogP contribution in [0.1, 0.15) is 0 Å². The van der Waals surface area contributed by atoms with Crippen molar-refractivity contribution in [3.63, 3.8) is 0 Å². The summed E-state index contributed by atoms with van der Waals surface area (Å²) in [4.78, 5) is 12.4. The molecule has 1 aromatic rings. The molecule has 0 bridgehead atoms. The molecule has 5 nitrogen and oxygen atoms in total. The van der Waals surface area contributed by atoms with E-state index >= 15 is 0 Å². The molecule has 0 aliphatic heterocycles. The van der Waals surface area contributed by atoms with Gasteiger partial charge in [-0.05, 0) is 0 Å². The average molecular weight is 210 g/mol. The predicted octanol–water partition coefficient (Wildman–Crippen LogP) is 0.561. The van der Waals surface area contributed by atoms with Gasteiger partial charge >= 0.3 is 6.36 Å². The Kier molecular flexibility index (Phi) is 2.28. The summed E-state index contributed by atoms with van der Waals surface area (Å²) in [5, 5.41) is 8.85. The van der Waals surface area contributed by atoms with Crippen LogP contribution in [0.3, 0.4) is 0 Å². The molecule has 0 radical (unpaired) electrons. The van der Waals surface area contributed by atoms with Gasteiger partial charge in [0, 0.05) is 6.07 Å². The Morgan fingerprint density at radius 3 is 2.57 bits per heavy atom. The van der Waals surface area contributed by atoms with E-state index in [0.29, 0.717) is 6.07 Å². The average Bonchev–Trinajstić information content (AvgIpc) is 1.96. The van der Waals surface area contributed by atoms with Gasteiger partial charge in [-0.2, -0.15) is 0 Å². The van der Waals surface area contributed by atoms with E-state index in [1.54, 1.807) is 4.98 Å². The summed E-state index contributed by atoms with van der Waals surface area (Å²) in [6, 6.07) is 0.489. The molecule has 14 heavy (non-hydrogen) atoms. The molecular formula is C6H5F3N2O3. The van der Waals surface area contributed by atoms with Gasteiger partial charge in [0.1, 0.15) is 5.69 Å². The van der Waals surface area contributed by atoms with Crippen LogP contribution in [0.2, 0.25) is 0 Å². The minimum atomic E-state index is -4.96. The number of nitrogen functional groups attached to an aromatic ring is 1. The number of hydrogen-bond donors (Lipinski definition) is 3. The first-order chi connectivity index (χ1) is 6.29. The van der Waals surface area contributed by atoms with Crippen LogP contribution in [-0.4, -0.2) is 16.5 Å². The number of halogens is 3. The van der Waals surface area contributed by atoms with E-state index < -0.39 is 29.2 Å². The zero-order valence-corrected chi connectivity index (χ0v) is 6.55. The smallest absolute Gasteiger partial charge is 0.493 e. The van der Waals surface area contributed by atoms with Crippen molar-refractivity contribution in [1.82, 2.24) is 4.98 Å². The molecule has 0 atom stereocenters. The number of anilines is 1. The van der Waals surface area contributed by atoms with Crippen molar-refractivity contribution in [1.29, 1.82) is 0 Å². The number of aromatic amines is 1. The zero-order chi connectivity index (χ0) is 10.9. The van der Waals surface area contributed by atoms with Crippen LogP contribution in [0.15, 0.2) is 10.9 Å². The molecule has 1 aromatic heterocycles. The van der Waals surface area contributed by atoms with Crippen LogP contribution in [0, 0.1) is 0 Å². The summed E-state index contributed by atoms with van der Waals surface area (Å²) in [6.07, 6.45) is -4.96. The lowest BCUT2D eigenvalue weighted by molar-refractivity contribution is -0.274. The van der Waals surface area contributed by atoms with E-state index in [1.807, 2.05) is 0 Å². The molecule has 0 saturated carbocycles. The topological polar surface area (TPSA) is 88.3 Å². The number of nitrogens with two attached hydrogens (primary N) is 1. The van der Waals surface area contributed by atoms with Crippen LogP contribution < -0.4 is 16.0 Å². The lowest BCUT2D eigenvalue weighted by Gasteiger charge is -2.10. The number of rotatable bonds is 1. The number of H-pyrrole nitrogens is 1. The highest BCUT2D eigenvalue weighted by atomic mass is 19.4. The first kappa shape index (κ1) is 10.2. The molecule has 4 N–H and O–H groups in total. The summed E-state index contributed by atoms with van der Waals surface area (Å²) in [5.41, 5.74) is 3.39. The third kappa shape index (κ3) is 2.31. The van der Waals surface area contributed by atoms with Crippen molar-refractivity contribution in [2.24, 2.45) is 0 Å². The van der Waals surface area contributed by atoms with Gasteiger partial charge in [0.15, 0.2) is 5.75 Å². The number of ether oxygens (including phenoxy) is 1. The Morgan fingerprint density at radius 2 is 2.07 bits per heavy atom. The number of nitrogens with one attached hydrogen (secondary N) is 1. The number of hydrogen-bond acceptors (Lipinski definition) is 4. The summed E-state index contributed by atoms with van der Waals surface area (Å²) in [5.74, 6) is -1.80. The standard InChI is InChI=1S/C6H5F3N2O3/c7-6(8,9)14-2-1-3(12)11-5(13)4(2)10/h1H,10H2,(H2,11,12,13). The Morgan fingerprint density at radius 1 is 1.50 bits per heavy atom. The Labute approximate surface area is 74.9 Å². The minimum absolute atomic E-state index is 0.489. The van der Waals surface area contributed by atoms with Gasteiger partial charge in [-0.3, -0.25) is 9.78 Å². The fraction of sp³-hybridized carbons (Fsp3) is 0.167. The molecule has 1 rings (SSSR count). The van der Waals surface area contributed by atoms with Crippen molar-refractivity contribution in [2.75, 3.05) is 5.73 Å². The maximum Gasteiger partial charge on any atom is 0.573 e. The third-order valence-electron chi connectivity index (χ3n) is 1.25. The summed E-state index contributed by atoms with van der Waals surface area (Å²) >= 11 is 0. The first-order valence-electron chi connectivity index (χ1n) is 3.27. The maximum atomic E-state index is 11.7. The van der Waals surface area contributed by atoms with Crippen molar-refractivity contribution in [2.45, 2.75) is 6.36 Å². The van der Waals surface area contributed by atoms with E-state index in [0.717, 1.165) is 0 Å². The van der Waals surface area contributed by atoms with Gasteiger partial charge in [0.25, 0.3) is 5.56 Å². The van der Waals surface area contributed by atoms with Crippen LogP contribution in [-0.2, 0) is 0 Å². The van der Waals surface area contributed by atoms with Crippen molar-refractivity contribution in [3.05, 3.63) is 16.4 Å². The van der Waals surface area contributed by atoms with E-state index in [2.05, 4.69) is 4.74 Å². The number of aromatic nitrogens is 1. The first-order valence-corrected chi connectivity index (χ1v) is 3.27. The molecular weight excluding hydrogens is 205 g/mol. The maximum absolute atomic E-state index is 11.7. The van der Waals surface area contributed by atoms with Gasteiger partial charge in [0.2, 0.25) is 5.88 Å². The van der Waals surface area contributed by atoms with Gasteiger partial charge in [-0.15, -0.1) is 13.2 Å². The summed E-state index contributed by atoms with van der Waals surface area (Å²) < 4.78 is 38.5.